The maximum Gasteiger partial charge on any atom is 0.237 e. The molecule has 0 aliphatic carbocycles. The molecule has 0 aliphatic heterocycles. The van der Waals surface area contributed by atoms with Crippen LogP contribution in [0.1, 0.15) is 33.1 Å². The molecule has 6 heteroatoms. The van der Waals surface area contributed by atoms with E-state index in [0.717, 1.165) is 41.5 Å². The summed E-state index contributed by atoms with van der Waals surface area (Å²) in [4.78, 5) is 12.5. The minimum atomic E-state index is -0.618. The van der Waals surface area contributed by atoms with Gasteiger partial charge in [-0.25, -0.2) is 0 Å². The summed E-state index contributed by atoms with van der Waals surface area (Å²) >= 11 is 13.7. The molecule has 0 aromatic heterocycles. The summed E-state index contributed by atoms with van der Waals surface area (Å²) in [5.41, 5.74) is 4.84. The third-order valence-electron chi connectivity index (χ3n) is 3.33. The molecule has 1 rings (SSSR count). The van der Waals surface area contributed by atoms with Gasteiger partial charge in [-0.05, 0) is 50.3 Å². The standard InChI is InChI=1S/C15H22Cl2N2OS/c1-3-19-15(2,14(18)20)8-4-5-9-21-13-10-11(16)6-7-12(13)17/h6-7,10,19H,3-5,8-9H2,1-2H3,(H2,18,20). The number of nitrogens with one attached hydrogen (secondary N) is 1. The van der Waals surface area contributed by atoms with Gasteiger partial charge >= 0.3 is 0 Å². The van der Waals surface area contributed by atoms with Crippen LogP contribution in [0, 0.1) is 0 Å². The van der Waals surface area contributed by atoms with Crippen LogP contribution in [0.5, 0.6) is 0 Å². The molecule has 0 fully saturated rings. The largest absolute Gasteiger partial charge is 0.368 e. The van der Waals surface area contributed by atoms with E-state index < -0.39 is 5.54 Å². The van der Waals surface area contributed by atoms with E-state index in [4.69, 9.17) is 28.9 Å². The van der Waals surface area contributed by atoms with Crippen LogP contribution >= 0.6 is 35.0 Å². The van der Waals surface area contributed by atoms with Crippen molar-refractivity contribution in [2.45, 2.75) is 43.5 Å². The average Bonchev–Trinajstić information content (AvgIpc) is 2.42. The molecule has 0 aliphatic rings. The molecule has 3 nitrogen and oxygen atoms in total. The summed E-state index contributed by atoms with van der Waals surface area (Å²) in [5.74, 6) is 0.635. The summed E-state index contributed by atoms with van der Waals surface area (Å²) in [6, 6.07) is 5.46. The maximum absolute atomic E-state index is 11.5. The molecule has 1 amide bonds. The van der Waals surface area contributed by atoms with Gasteiger partial charge in [0.05, 0.1) is 10.6 Å². The van der Waals surface area contributed by atoms with Crippen LogP contribution in [-0.2, 0) is 4.79 Å². The number of rotatable bonds is 9. The van der Waals surface area contributed by atoms with E-state index in [1.165, 1.54) is 0 Å². The van der Waals surface area contributed by atoms with Crippen LogP contribution in [0.4, 0.5) is 0 Å². The Morgan fingerprint density at radius 1 is 1.38 bits per heavy atom. The normalized spacial score (nSPS) is 13.9. The van der Waals surface area contributed by atoms with Gasteiger partial charge in [-0.15, -0.1) is 11.8 Å². The molecule has 0 radical (unpaired) electrons. The fourth-order valence-electron chi connectivity index (χ4n) is 2.04. The molecule has 0 bridgehead atoms. The Hall–Kier alpha value is -0.420. The number of unbranched alkanes of at least 4 members (excludes halogenated alkanes) is 1. The first-order chi connectivity index (χ1) is 9.89. The Bertz CT molecular complexity index is 485. The molecule has 1 aromatic rings. The number of hydrogen-bond acceptors (Lipinski definition) is 3. The van der Waals surface area contributed by atoms with Crippen LogP contribution in [0.15, 0.2) is 23.1 Å². The third kappa shape index (κ3) is 6.07. The minimum Gasteiger partial charge on any atom is -0.368 e. The smallest absolute Gasteiger partial charge is 0.237 e. The Morgan fingerprint density at radius 3 is 2.71 bits per heavy atom. The summed E-state index contributed by atoms with van der Waals surface area (Å²) < 4.78 is 0. The second-order valence-corrected chi connectivity index (χ2v) is 7.09. The number of halogens is 2. The molecule has 21 heavy (non-hydrogen) atoms. The number of amides is 1. The number of carbonyl (C=O) groups excluding carboxylic acids is 1. The quantitative estimate of drug-likeness (QED) is 0.521. The van der Waals surface area contributed by atoms with Crippen LogP contribution in [0.3, 0.4) is 0 Å². The highest BCUT2D eigenvalue weighted by Gasteiger charge is 2.28. The SMILES string of the molecule is CCNC(C)(CCCCSc1cc(Cl)ccc1Cl)C(N)=O. The van der Waals surface area contributed by atoms with Crippen molar-refractivity contribution in [1.29, 1.82) is 0 Å². The lowest BCUT2D eigenvalue weighted by atomic mass is 9.94. The second kappa shape index (κ2) is 8.89. The van der Waals surface area contributed by atoms with Gasteiger partial charge in [-0.2, -0.15) is 0 Å². The van der Waals surface area contributed by atoms with Gasteiger partial charge in [0, 0.05) is 9.92 Å². The number of likely N-dealkylation sites (N-methyl/N-ethyl adjacent to an activating group) is 1. The lowest BCUT2D eigenvalue weighted by Gasteiger charge is -2.26. The zero-order valence-electron chi connectivity index (χ0n) is 12.4. The number of carbonyl (C=O) groups is 1. The minimum absolute atomic E-state index is 0.296. The Labute approximate surface area is 140 Å². The van der Waals surface area contributed by atoms with Crippen molar-refractivity contribution >= 4 is 40.9 Å². The van der Waals surface area contributed by atoms with E-state index in [2.05, 4.69) is 5.32 Å². The first-order valence-electron chi connectivity index (χ1n) is 7.02. The number of primary amides is 1. The number of benzene rings is 1. The molecule has 1 aromatic carbocycles. The van der Waals surface area contributed by atoms with Crippen molar-refractivity contribution in [3.8, 4) is 0 Å². The predicted octanol–water partition coefficient (Wildman–Crippen LogP) is 4.11. The van der Waals surface area contributed by atoms with E-state index in [1.54, 1.807) is 17.8 Å². The van der Waals surface area contributed by atoms with Crippen molar-refractivity contribution in [1.82, 2.24) is 5.32 Å². The maximum atomic E-state index is 11.5. The second-order valence-electron chi connectivity index (χ2n) is 5.11. The van der Waals surface area contributed by atoms with Crippen molar-refractivity contribution in [3.63, 3.8) is 0 Å². The van der Waals surface area contributed by atoms with Crippen LogP contribution in [-0.4, -0.2) is 23.7 Å². The summed E-state index contributed by atoms with van der Waals surface area (Å²) in [5, 5.41) is 4.58. The number of nitrogens with two attached hydrogens (primary N) is 1. The zero-order valence-corrected chi connectivity index (χ0v) is 14.7. The number of hydrogen-bond donors (Lipinski definition) is 2. The van der Waals surface area contributed by atoms with Gasteiger partial charge in [-0.1, -0.05) is 36.5 Å². The Balaban J connectivity index is 2.37. The van der Waals surface area contributed by atoms with Crippen molar-refractivity contribution in [2.24, 2.45) is 5.73 Å². The molecule has 0 spiro atoms. The molecule has 118 valence electrons. The van der Waals surface area contributed by atoms with E-state index in [1.807, 2.05) is 26.0 Å². The Kier molecular flexibility index (Phi) is 7.88. The van der Waals surface area contributed by atoms with Crippen LogP contribution in [0.2, 0.25) is 10.0 Å². The third-order valence-corrected chi connectivity index (χ3v) is 5.15. The highest BCUT2D eigenvalue weighted by atomic mass is 35.5. The predicted molar refractivity (Wildman–Crippen MR) is 92.3 cm³/mol. The average molecular weight is 349 g/mol. The number of thioether (sulfide) groups is 1. The highest BCUT2D eigenvalue weighted by Crippen LogP contribution is 2.30. The lowest BCUT2D eigenvalue weighted by Crippen LogP contribution is -2.52. The van der Waals surface area contributed by atoms with E-state index in [-0.39, 0.29) is 5.91 Å². The lowest BCUT2D eigenvalue weighted by molar-refractivity contribution is -0.124. The summed E-state index contributed by atoms with van der Waals surface area (Å²) in [7, 11) is 0. The molecule has 0 saturated heterocycles. The molecular formula is C15H22Cl2N2OS. The summed E-state index contributed by atoms with van der Waals surface area (Å²) in [6.07, 6.45) is 2.65. The first kappa shape index (κ1) is 18.6. The first-order valence-corrected chi connectivity index (χ1v) is 8.76. The van der Waals surface area contributed by atoms with Gasteiger partial charge in [-0.3, -0.25) is 4.79 Å². The molecule has 3 N–H and O–H groups in total. The Morgan fingerprint density at radius 2 is 2.10 bits per heavy atom. The fraction of sp³-hybridized carbons (Fsp3) is 0.533. The van der Waals surface area contributed by atoms with Crippen molar-refractivity contribution in [3.05, 3.63) is 28.2 Å². The highest BCUT2D eigenvalue weighted by molar-refractivity contribution is 7.99. The molecular weight excluding hydrogens is 327 g/mol. The van der Waals surface area contributed by atoms with Gasteiger partial charge in [0.25, 0.3) is 0 Å². The summed E-state index contributed by atoms with van der Waals surface area (Å²) in [6.45, 7) is 4.56. The van der Waals surface area contributed by atoms with Crippen LogP contribution in [0.25, 0.3) is 0 Å². The van der Waals surface area contributed by atoms with Gasteiger partial charge < -0.3 is 11.1 Å². The van der Waals surface area contributed by atoms with Gasteiger partial charge in [0.2, 0.25) is 5.91 Å². The topological polar surface area (TPSA) is 55.1 Å². The van der Waals surface area contributed by atoms with Crippen LogP contribution < -0.4 is 11.1 Å². The molecule has 1 unspecified atom stereocenters. The zero-order chi connectivity index (χ0) is 15.9. The fourth-order valence-corrected chi connectivity index (χ4v) is 3.54. The molecule has 1 atom stereocenters. The molecule has 0 saturated carbocycles. The van der Waals surface area contributed by atoms with Gasteiger partial charge in [0.1, 0.15) is 0 Å². The van der Waals surface area contributed by atoms with E-state index in [9.17, 15) is 4.79 Å². The van der Waals surface area contributed by atoms with Crippen molar-refractivity contribution < 1.29 is 4.79 Å². The van der Waals surface area contributed by atoms with E-state index in [0.29, 0.717) is 5.02 Å². The van der Waals surface area contributed by atoms with E-state index >= 15 is 0 Å². The van der Waals surface area contributed by atoms with Gasteiger partial charge in [0.15, 0.2) is 0 Å². The monoisotopic (exact) mass is 348 g/mol. The molecule has 0 heterocycles. The van der Waals surface area contributed by atoms with Crippen molar-refractivity contribution in [2.75, 3.05) is 12.3 Å².